The molecule has 0 bridgehead atoms. The Labute approximate surface area is 151 Å². The number of halogens is 4. The van der Waals surface area contributed by atoms with Gasteiger partial charge in [-0.1, -0.05) is 23.2 Å². The minimum atomic E-state index is -0.685. The minimum Gasteiger partial charge on any atom is -0.461 e. The van der Waals surface area contributed by atoms with Gasteiger partial charge in [0.05, 0.1) is 22.2 Å². The van der Waals surface area contributed by atoms with Gasteiger partial charge in [-0.15, -0.1) is 0 Å². The Kier molecular flexibility index (Phi) is 4.83. The predicted octanol–water partition coefficient (Wildman–Crippen LogP) is 5.67. The van der Waals surface area contributed by atoms with Crippen LogP contribution in [0.2, 0.25) is 10.0 Å². The van der Waals surface area contributed by atoms with E-state index in [0.29, 0.717) is 16.8 Å². The number of nitrogens with one attached hydrogen (secondary N) is 2. The molecule has 2 N–H and O–H groups in total. The first-order valence-electron chi connectivity index (χ1n) is 7.30. The molecule has 0 aliphatic rings. The number of benzene rings is 2. The molecule has 8 heteroatoms. The van der Waals surface area contributed by atoms with Crippen LogP contribution in [0.25, 0.3) is 10.9 Å². The molecule has 0 aliphatic carbocycles. The molecular formula is C17H12Cl2F2N2O2. The molecule has 130 valence electrons. The number of hydrogen-bond donors (Lipinski definition) is 2. The van der Waals surface area contributed by atoms with Gasteiger partial charge in [0.25, 0.3) is 0 Å². The van der Waals surface area contributed by atoms with Crippen molar-refractivity contribution in [1.29, 1.82) is 0 Å². The molecule has 4 nitrogen and oxygen atoms in total. The molecule has 2 aromatic carbocycles. The van der Waals surface area contributed by atoms with Crippen LogP contribution < -0.4 is 5.32 Å². The highest BCUT2D eigenvalue weighted by Crippen LogP contribution is 2.34. The van der Waals surface area contributed by atoms with Gasteiger partial charge in [0.2, 0.25) is 0 Å². The number of rotatable bonds is 4. The van der Waals surface area contributed by atoms with Crippen molar-refractivity contribution in [3.05, 3.63) is 57.7 Å². The lowest BCUT2D eigenvalue weighted by atomic mass is 10.2. The van der Waals surface area contributed by atoms with Gasteiger partial charge in [-0.05, 0) is 37.3 Å². The summed E-state index contributed by atoms with van der Waals surface area (Å²) in [5.41, 5.74) is 1.06. The van der Waals surface area contributed by atoms with Gasteiger partial charge < -0.3 is 15.0 Å². The second kappa shape index (κ2) is 6.90. The molecule has 3 rings (SSSR count). The first-order valence-corrected chi connectivity index (χ1v) is 8.06. The number of aromatic nitrogens is 1. The Bertz CT molecular complexity index is 973. The number of carbonyl (C=O) groups excluding carboxylic acids is 1. The summed E-state index contributed by atoms with van der Waals surface area (Å²) in [6.07, 6.45) is 0. The van der Waals surface area contributed by atoms with Crippen LogP contribution in [0.15, 0.2) is 30.3 Å². The first-order chi connectivity index (χ1) is 11.9. The van der Waals surface area contributed by atoms with Gasteiger partial charge in [-0.25, -0.2) is 13.6 Å². The fourth-order valence-electron chi connectivity index (χ4n) is 2.38. The van der Waals surface area contributed by atoms with E-state index >= 15 is 0 Å². The topological polar surface area (TPSA) is 54.1 Å². The molecule has 0 spiro atoms. The van der Waals surface area contributed by atoms with E-state index in [1.807, 2.05) is 0 Å². The van der Waals surface area contributed by atoms with E-state index in [9.17, 15) is 13.6 Å². The van der Waals surface area contributed by atoms with Gasteiger partial charge in [0.1, 0.15) is 11.5 Å². The van der Waals surface area contributed by atoms with E-state index in [4.69, 9.17) is 27.9 Å². The first kappa shape index (κ1) is 17.5. The van der Waals surface area contributed by atoms with Crippen LogP contribution in [0.4, 0.5) is 20.2 Å². The van der Waals surface area contributed by atoms with Gasteiger partial charge in [0.15, 0.2) is 5.82 Å². The van der Waals surface area contributed by atoms with E-state index in [1.165, 1.54) is 30.3 Å². The number of fused-ring (bicyclic) bond motifs is 1. The zero-order valence-corrected chi connectivity index (χ0v) is 14.4. The van der Waals surface area contributed by atoms with Gasteiger partial charge in [-0.2, -0.15) is 0 Å². The van der Waals surface area contributed by atoms with Crippen molar-refractivity contribution < 1.29 is 18.3 Å². The maximum atomic E-state index is 14.3. The second-order valence-corrected chi connectivity index (χ2v) is 5.98. The van der Waals surface area contributed by atoms with E-state index in [-0.39, 0.29) is 27.9 Å². The fourth-order valence-corrected chi connectivity index (χ4v) is 2.76. The average molecular weight is 385 g/mol. The highest BCUT2D eigenvalue weighted by Gasteiger charge is 2.18. The van der Waals surface area contributed by atoms with Crippen LogP contribution in [0.5, 0.6) is 0 Å². The summed E-state index contributed by atoms with van der Waals surface area (Å²) >= 11 is 11.7. The van der Waals surface area contributed by atoms with Crippen molar-refractivity contribution in [2.24, 2.45) is 0 Å². The number of anilines is 2. The summed E-state index contributed by atoms with van der Waals surface area (Å²) in [7, 11) is 0. The Balaban J connectivity index is 2.09. The van der Waals surface area contributed by atoms with Crippen molar-refractivity contribution >= 4 is 51.4 Å². The standard InChI is InChI=1S/C17H12Cl2F2N2O2/c1-2-25-17(24)14-6-9-13(7-11(19)15(21)16(9)23-14)22-8-3-4-12(20)10(18)5-8/h3-7,22-23H,2H2,1H3. The van der Waals surface area contributed by atoms with E-state index in [2.05, 4.69) is 10.3 Å². The molecule has 1 aromatic heterocycles. The molecule has 0 amide bonds. The number of ether oxygens (including phenoxy) is 1. The Morgan fingerprint density at radius 2 is 1.96 bits per heavy atom. The third-order valence-electron chi connectivity index (χ3n) is 3.50. The second-order valence-electron chi connectivity index (χ2n) is 5.17. The smallest absolute Gasteiger partial charge is 0.354 e. The van der Waals surface area contributed by atoms with Gasteiger partial charge >= 0.3 is 5.97 Å². The van der Waals surface area contributed by atoms with Crippen molar-refractivity contribution in [1.82, 2.24) is 4.98 Å². The van der Waals surface area contributed by atoms with Gasteiger partial charge in [0, 0.05) is 16.8 Å². The predicted molar refractivity (Wildman–Crippen MR) is 93.9 cm³/mol. The SMILES string of the molecule is CCOC(=O)c1cc2c(Nc3ccc(F)c(Cl)c3)cc(Cl)c(F)c2[nH]1. The number of hydrogen-bond acceptors (Lipinski definition) is 3. The summed E-state index contributed by atoms with van der Waals surface area (Å²) in [6, 6.07) is 6.90. The summed E-state index contributed by atoms with van der Waals surface area (Å²) in [5, 5.41) is 3.19. The van der Waals surface area contributed by atoms with Crippen LogP contribution in [0.3, 0.4) is 0 Å². The Morgan fingerprint density at radius 3 is 2.64 bits per heavy atom. The molecule has 0 unspecified atom stereocenters. The quantitative estimate of drug-likeness (QED) is 0.569. The van der Waals surface area contributed by atoms with Crippen molar-refractivity contribution in [2.75, 3.05) is 11.9 Å². The lowest BCUT2D eigenvalue weighted by molar-refractivity contribution is 0.0520. The molecule has 0 radical (unpaired) electrons. The van der Waals surface area contributed by atoms with Crippen LogP contribution in [0.1, 0.15) is 17.4 Å². The monoisotopic (exact) mass is 384 g/mol. The number of H-pyrrole nitrogens is 1. The largest absolute Gasteiger partial charge is 0.461 e. The molecule has 0 aliphatic heterocycles. The summed E-state index contributed by atoms with van der Waals surface area (Å²) in [5.74, 6) is -1.85. The summed E-state index contributed by atoms with van der Waals surface area (Å²) < 4.78 is 32.5. The van der Waals surface area contributed by atoms with E-state index in [0.717, 1.165) is 0 Å². The third kappa shape index (κ3) is 3.41. The van der Waals surface area contributed by atoms with Crippen molar-refractivity contribution in [3.63, 3.8) is 0 Å². The Hall–Kier alpha value is -2.31. The molecule has 25 heavy (non-hydrogen) atoms. The van der Waals surface area contributed by atoms with Crippen LogP contribution in [-0.2, 0) is 4.74 Å². The molecule has 0 saturated carbocycles. The van der Waals surface area contributed by atoms with Crippen LogP contribution in [-0.4, -0.2) is 17.6 Å². The number of esters is 1. The minimum absolute atomic E-state index is 0.0595. The maximum absolute atomic E-state index is 14.3. The number of aromatic amines is 1. The average Bonchev–Trinajstić information content (AvgIpc) is 3.02. The molecule has 0 fully saturated rings. The highest BCUT2D eigenvalue weighted by atomic mass is 35.5. The highest BCUT2D eigenvalue weighted by molar-refractivity contribution is 6.32. The lowest BCUT2D eigenvalue weighted by Crippen LogP contribution is -2.04. The number of carbonyl (C=O) groups is 1. The molecule has 1 heterocycles. The zero-order valence-electron chi connectivity index (χ0n) is 12.9. The van der Waals surface area contributed by atoms with E-state index < -0.39 is 17.6 Å². The molecule has 0 saturated heterocycles. The van der Waals surface area contributed by atoms with Crippen molar-refractivity contribution in [2.45, 2.75) is 6.92 Å². The molecule has 3 aromatic rings. The van der Waals surface area contributed by atoms with Crippen molar-refractivity contribution in [3.8, 4) is 0 Å². The molecular weight excluding hydrogens is 373 g/mol. The third-order valence-corrected chi connectivity index (χ3v) is 4.07. The Morgan fingerprint density at radius 1 is 1.20 bits per heavy atom. The maximum Gasteiger partial charge on any atom is 0.354 e. The summed E-state index contributed by atoms with van der Waals surface area (Å²) in [6.45, 7) is 1.86. The zero-order chi connectivity index (χ0) is 18.1. The fraction of sp³-hybridized carbons (Fsp3) is 0.118. The summed E-state index contributed by atoms with van der Waals surface area (Å²) in [4.78, 5) is 14.5. The van der Waals surface area contributed by atoms with Crippen LogP contribution >= 0.6 is 23.2 Å². The lowest BCUT2D eigenvalue weighted by Gasteiger charge is -2.10. The molecule has 0 atom stereocenters. The van der Waals surface area contributed by atoms with Crippen LogP contribution in [0, 0.1) is 11.6 Å². The van der Waals surface area contributed by atoms with Gasteiger partial charge in [-0.3, -0.25) is 0 Å². The van der Waals surface area contributed by atoms with E-state index in [1.54, 1.807) is 6.92 Å². The normalized spacial score (nSPS) is 10.9.